The van der Waals surface area contributed by atoms with Gasteiger partial charge >= 0.3 is 0 Å². The van der Waals surface area contributed by atoms with Gasteiger partial charge in [-0.05, 0) is 30.9 Å². The first-order valence-electron chi connectivity index (χ1n) is 6.77. The highest BCUT2D eigenvalue weighted by molar-refractivity contribution is 5.77. The lowest BCUT2D eigenvalue weighted by atomic mass is 9.75. The molecule has 1 heterocycles. The molecule has 0 unspecified atom stereocenters. The molecule has 2 aliphatic rings. The molecule has 4 heteroatoms. The van der Waals surface area contributed by atoms with E-state index in [4.69, 9.17) is 9.47 Å². The van der Waals surface area contributed by atoms with Crippen LogP contribution in [-0.2, 0) is 11.2 Å². The second-order valence-corrected chi connectivity index (χ2v) is 5.23. The first kappa shape index (κ1) is 12.3. The van der Waals surface area contributed by atoms with Gasteiger partial charge in [0.15, 0.2) is 11.5 Å². The Morgan fingerprint density at radius 1 is 1.16 bits per heavy atom. The lowest BCUT2D eigenvalue weighted by molar-refractivity contribution is -0.123. The number of carbonyl (C=O) groups excluding carboxylic acids is 1. The molecule has 0 radical (unpaired) electrons. The zero-order chi connectivity index (χ0) is 13.4. The number of fused-ring (bicyclic) bond motifs is 3. The summed E-state index contributed by atoms with van der Waals surface area (Å²) < 4.78 is 10.9. The highest BCUT2D eigenvalue weighted by Crippen LogP contribution is 2.44. The zero-order valence-corrected chi connectivity index (χ0v) is 11.4. The molecule has 0 saturated carbocycles. The number of methoxy groups -OCH3 is 2. The van der Waals surface area contributed by atoms with Gasteiger partial charge in [0.25, 0.3) is 0 Å². The van der Waals surface area contributed by atoms with E-state index < -0.39 is 0 Å². The largest absolute Gasteiger partial charge is 0.493 e. The summed E-state index contributed by atoms with van der Waals surface area (Å²) in [5, 5.41) is 3.11. The maximum atomic E-state index is 11.5. The number of rotatable bonds is 2. The van der Waals surface area contributed by atoms with E-state index >= 15 is 0 Å². The molecule has 0 spiro atoms. The van der Waals surface area contributed by atoms with Gasteiger partial charge in [0.1, 0.15) is 0 Å². The van der Waals surface area contributed by atoms with Crippen LogP contribution in [0.3, 0.4) is 0 Å². The van der Waals surface area contributed by atoms with Crippen LogP contribution in [0.15, 0.2) is 12.1 Å². The van der Waals surface area contributed by atoms with Crippen molar-refractivity contribution in [2.75, 3.05) is 14.2 Å². The Labute approximate surface area is 113 Å². The summed E-state index contributed by atoms with van der Waals surface area (Å²) in [5.74, 6) is 2.25. The molecule has 102 valence electrons. The molecule has 0 bridgehead atoms. The Morgan fingerprint density at radius 3 is 2.74 bits per heavy atom. The quantitative estimate of drug-likeness (QED) is 0.886. The number of amides is 1. The maximum absolute atomic E-state index is 11.5. The standard InChI is InChI=1S/C15H19NO3/c1-18-13-7-4-9-10-5-8-14(17)16-12(10)6-3-11(9)15(13)19-2/h4,7,10,12H,3,5-6,8H2,1-2H3,(H,16,17)/t10-,12+/m1/s1. The Kier molecular flexibility index (Phi) is 3.09. The third-order valence-corrected chi connectivity index (χ3v) is 4.30. The number of ether oxygens (including phenoxy) is 2. The Balaban J connectivity index is 2.02. The van der Waals surface area contributed by atoms with Gasteiger partial charge in [-0.2, -0.15) is 0 Å². The molecule has 1 aromatic rings. The van der Waals surface area contributed by atoms with E-state index in [0.29, 0.717) is 12.3 Å². The number of piperidine rings is 1. The van der Waals surface area contributed by atoms with E-state index in [9.17, 15) is 4.79 Å². The molecule has 1 fully saturated rings. The molecule has 1 N–H and O–H groups in total. The Hall–Kier alpha value is -1.71. The Morgan fingerprint density at radius 2 is 2.00 bits per heavy atom. The van der Waals surface area contributed by atoms with E-state index in [-0.39, 0.29) is 11.9 Å². The molecule has 1 aliphatic carbocycles. The van der Waals surface area contributed by atoms with Crippen LogP contribution in [0.5, 0.6) is 11.5 Å². The maximum Gasteiger partial charge on any atom is 0.220 e. The number of hydrogen-bond acceptors (Lipinski definition) is 3. The number of carbonyl (C=O) groups is 1. The summed E-state index contributed by atoms with van der Waals surface area (Å²) in [7, 11) is 3.35. The first-order valence-corrected chi connectivity index (χ1v) is 6.77. The predicted octanol–water partition coefficient (Wildman–Crippen LogP) is 2.01. The van der Waals surface area contributed by atoms with Crippen LogP contribution >= 0.6 is 0 Å². The second kappa shape index (κ2) is 4.76. The molecule has 1 amide bonds. The molecule has 19 heavy (non-hydrogen) atoms. The van der Waals surface area contributed by atoms with Crippen LogP contribution in [0.1, 0.15) is 36.3 Å². The van der Waals surface area contributed by atoms with Crippen molar-refractivity contribution in [2.24, 2.45) is 0 Å². The zero-order valence-electron chi connectivity index (χ0n) is 11.4. The molecule has 1 aliphatic heterocycles. The summed E-state index contributed by atoms with van der Waals surface area (Å²) in [6.45, 7) is 0. The van der Waals surface area contributed by atoms with Gasteiger partial charge in [-0.15, -0.1) is 0 Å². The van der Waals surface area contributed by atoms with E-state index in [0.717, 1.165) is 30.8 Å². The van der Waals surface area contributed by atoms with Gasteiger partial charge < -0.3 is 14.8 Å². The summed E-state index contributed by atoms with van der Waals surface area (Å²) in [5.41, 5.74) is 2.56. The minimum absolute atomic E-state index is 0.185. The normalized spacial score (nSPS) is 25.1. The van der Waals surface area contributed by atoms with E-state index in [1.807, 2.05) is 6.07 Å². The number of nitrogens with one attached hydrogen (secondary N) is 1. The van der Waals surface area contributed by atoms with E-state index in [1.54, 1.807) is 14.2 Å². The fourth-order valence-corrected chi connectivity index (χ4v) is 3.42. The third kappa shape index (κ3) is 1.95. The van der Waals surface area contributed by atoms with Crippen molar-refractivity contribution in [3.63, 3.8) is 0 Å². The molecular weight excluding hydrogens is 242 g/mol. The van der Waals surface area contributed by atoms with Gasteiger partial charge in [-0.1, -0.05) is 6.07 Å². The van der Waals surface area contributed by atoms with Crippen molar-refractivity contribution in [3.8, 4) is 11.5 Å². The minimum atomic E-state index is 0.185. The number of hydrogen-bond donors (Lipinski definition) is 1. The minimum Gasteiger partial charge on any atom is -0.493 e. The first-order chi connectivity index (χ1) is 9.24. The summed E-state index contributed by atoms with van der Waals surface area (Å²) in [6.07, 6.45) is 3.46. The number of benzene rings is 1. The lowest BCUT2D eigenvalue weighted by Crippen LogP contribution is -2.45. The third-order valence-electron chi connectivity index (χ3n) is 4.30. The summed E-state index contributed by atoms with van der Waals surface area (Å²) in [4.78, 5) is 11.5. The monoisotopic (exact) mass is 261 g/mol. The fourth-order valence-electron chi connectivity index (χ4n) is 3.42. The van der Waals surface area contributed by atoms with Gasteiger partial charge in [-0.3, -0.25) is 4.79 Å². The predicted molar refractivity (Wildman–Crippen MR) is 71.8 cm³/mol. The molecule has 1 saturated heterocycles. The van der Waals surface area contributed by atoms with Crippen LogP contribution in [0.25, 0.3) is 0 Å². The smallest absolute Gasteiger partial charge is 0.220 e. The average Bonchev–Trinajstić information content (AvgIpc) is 2.45. The van der Waals surface area contributed by atoms with Crippen molar-refractivity contribution in [1.29, 1.82) is 0 Å². The summed E-state index contributed by atoms with van der Waals surface area (Å²) >= 11 is 0. The van der Waals surface area contributed by atoms with Crippen molar-refractivity contribution < 1.29 is 14.3 Å². The highest BCUT2D eigenvalue weighted by Gasteiger charge is 2.35. The van der Waals surface area contributed by atoms with Crippen molar-refractivity contribution in [3.05, 3.63) is 23.3 Å². The van der Waals surface area contributed by atoms with Crippen LogP contribution in [0, 0.1) is 0 Å². The molecule has 4 nitrogen and oxygen atoms in total. The lowest BCUT2D eigenvalue weighted by Gasteiger charge is -2.38. The van der Waals surface area contributed by atoms with E-state index in [2.05, 4.69) is 11.4 Å². The topological polar surface area (TPSA) is 47.6 Å². The van der Waals surface area contributed by atoms with Gasteiger partial charge in [0, 0.05) is 23.9 Å². The molecule has 2 atom stereocenters. The van der Waals surface area contributed by atoms with Crippen LogP contribution in [0.2, 0.25) is 0 Å². The fraction of sp³-hybridized carbons (Fsp3) is 0.533. The molecular formula is C15H19NO3. The second-order valence-electron chi connectivity index (χ2n) is 5.23. The molecule has 3 rings (SSSR count). The van der Waals surface area contributed by atoms with Crippen LogP contribution < -0.4 is 14.8 Å². The van der Waals surface area contributed by atoms with Gasteiger partial charge in [-0.25, -0.2) is 0 Å². The average molecular weight is 261 g/mol. The van der Waals surface area contributed by atoms with Gasteiger partial charge in [0.2, 0.25) is 5.91 Å². The SMILES string of the molecule is COc1ccc2c(c1OC)CC[C@@H]1NC(=O)CC[C@H]21. The van der Waals surface area contributed by atoms with Crippen LogP contribution in [0.4, 0.5) is 0 Å². The highest BCUT2D eigenvalue weighted by atomic mass is 16.5. The summed E-state index contributed by atoms with van der Waals surface area (Å²) in [6, 6.07) is 4.38. The van der Waals surface area contributed by atoms with Crippen LogP contribution in [-0.4, -0.2) is 26.2 Å². The Bertz CT molecular complexity index is 512. The van der Waals surface area contributed by atoms with Crippen molar-refractivity contribution >= 4 is 5.91 Å². The molecule has 1 aromatic carbocycles. The van der Waals surface area contributed by atoms with Crippen molar-refractivity contribution in [2.45, 2.75) is 37.6 Å². The van der Waals surface area contributed by atoms with Gasteiger partial charge in [0.05, 0.1) is 14.2 Å². The molecule has 0 aromatic heterocycles. The van der Waals surface area contributed by atoms with E-state index in [1.165, 1.54) is 11.1 Å². The van der Waals surface area contributed by atoms with Crippen molar-refractivity contribution in [1.82, 2.24) is 5.32 Å².